The van der Waals surface area contributed by atoms with Gasteiger partial charge in [-0.3, -0.25) is 0 Å². The van der Waals surface area contributed by atoms with Crippen LogP contribution in [0.15, 0.2) is 0 Å². The summed E-state index contributed by atoms with van der Waals surface area (Å²) in [6.45, 7) is 0. The van der Waals surface area contributed by atoms with Gasteiger partial charge in [0.1, 0.15) is 0 Å². The SMILES string of the molecule is O=P(O)(O)OO.[Cr]. The smallest absolute Gasteiger partial charge is 0.301 e. The minimum absolute atomic E-state index is 0. The third-order valence-corrected chi connectivity index (χ3v) is 0.319. The summed E-state index contributed by atoms with van der Waals surface area (Å²) in [5.41, 5.74) is 0. The van der Waals surface area contributed by atoms with Crippen molar-refractivity contribution in [2.24, 2.45) is 0 Å². The van der Waals surface area contributed by atoms with Crippen molar-refractivity contribution in [3.8, 4) is 0 Å². The monoisotopic (exact) mass is 166 g/mol. The van der Waals surface area contributed by atoms with E-state index in [1.54, 1.807) is 0 Å². The van der Waals surface area contributed by atoms with E-state index >= 15 is 0 Å². The Labute approximate surface area is 50.2 Å². The molecular weight excluding hydrogens is 163 g/mol. The third-order valence-electron chi connectivity index (χ3n) is 0.106. The van der Waals surface area contributed by atoms with Gasteiger partial charge in [0.25, 0.3) is 0 Å². The number of hydrogen-bond donors (Lipinski definition) is 3. The summed E-state index contributed by atoms with van der Waals surface area (Å²) in [7, 11) is -4.59. The maximum atomic E-state index is 9.22. The van der Waals surface area contributed by atoms with Crippen molar-refractivity contribution in [3.05, 3.63) is 0 Å². The second-order valence-electron chi connectivity index (χ2n) is 0.572. The van der Waals surface area contributed by atoms with Gasteiger partial charge in [-0.05, 0) is 0 Å². The molecule has 0 amide bonds. The normalized spacial score (nSPS) is 10.1. The van der Waals surface area contributed by atoms with Crippen LogP contribution in [0.4, 0.5) is 0 Å². The van der Waals surface area contributed by atoms with Gasteiger partial charge < -0.3 is 9.79 Å². The van der Waals surface area contributed by atoms with E-state index in [1.165, 1.54) is 0 Å². The summed E-state index contributed by atoms with van der Waals surface area (Å²) < 4.78 is 11.8. The Balaban J connectivity index is 0. The largest absolute Gasteiger partial charge is 0.496 e. The van der Waals surface area contributed by atoms with Crippen LogP contribution in [0.3, 0.4) is 0 Å². The van der Waals surface area contributed by atoms with Gasteiger partial charge in [-0.1, -0.05) is 0 Å². The fourth-order valence-corrected chi connectivity index (χ4v) is 0. The van der Waals surface area contributed by atoms with Crippen LogP contribution in [0.5, 0.6) is 0 Å². The van der Waals surface area contributed by atoms with Crippen molar-refractivity contribution in [1.82, 2.24) is 0 Å². The van der Waals surface area contributed by atoms with Crippen molar-refractivity contribution in [2.45, 2.75) is 0 Å². The molecular formula is H3CrO5P. The molecule has 0 unspecified atom stereocenters. The summed E-state index contributed by atoms with van der Waals surface area (Å²) in [6, 6.07) is 0. The minimum atomic E-state index is -4.59. The quantitative estimate of drug-likeness (QED) is 0.279. The van der Waals surface area contributed by atoms with Gasteiger partial charge in [0, 0.05) is 17.4 Å². The zero-order chi connectivity index (χ0) is 5.21. The molecule has 0 aromatic heterocycles. The van der Waals surface area contributed by atoms with Crippen molar-refractivity contribution in [1.29, 1.82) is 0 Å². The van der Waals surface area contributed by atoms with Crippen molar-refractivity contribution < 1.29 is 41.6 Å². The summed E-state index contributed by atoms with van der Waals surface area (Å²) in [4.78, 5) is 14.9. The number of phosphoric acid groups is 1. The van der Waals surface area contributed by atoms with Gasteiger partial charge >= 0.3 is 7.82 Å². The van der Waals surface area contributed by atoms with E-state index in [4.69, 9.17) is 15.0 Å². The van der Waals surface area contributed by atoms with Crippen LogP contribution < -0.4 is 0 Å². The Morgan fingerprint density at radius 1 is 1.43 bits per heavy atom. The molecule has 3 N–H and O–H groups in total. The van der Waals surface area contributed by atoms with E-state index in [1.807, 2.05) is 0 Å². The molecule has 0 radical (unpaired) electrons. The van der Waals surface area contributed by atoms with E-state index < -0.39 is 7.82 Å². The van der Waals surface area contributed by atoms with Crippen molar-refractivity contribution in [2.75, 3.05) is 0 Å². The van der Waals surface area contributed by atoms with Crippen molar-refractivity contribution in [3.63, 3.8) is 0 Å². The van der Waals surface area contributed by atoms with Gasteiger partial charge in [0.15, 0.2) is 0 Å². The molecule has 0 spiro atoms. The van der Waals surface area contributed by atoms with Gasteiger partial charge in [-0.2, -0.15) is 0 Å². The van der Waals surface area contributed by atoms with E-state index in [9.17, 15) is 4.57 Å². The van der Waals surface area contributed by atoms with Gasteiger partial charge in [0.2, 0.25) is 0 Å². The molecule has 5 nitrogen and oxygen atoms in total. The summed E-state index contributed by atoms with van der Waals surface area (Å²) in [5, 5.41) is 7.14. The second kappa shape index (κ2) is 3.59. The second-order valence-corrected chi connectivity index (χ2v) is 1.72. The van der Waals surface area contributed by atoms with Gasteiger partial charge in [-0.15, -0.1) is 4.67 Å². The maximum Gasteiger partial charge on any atom is 0.496 e. The molecule has 0 fully saturated rings. The topological polar surface area (TPSA) is 87.0 Å². The molecule has 0 atom stereocenters. The first-order valence-corrected chi connectivity index (χ1v) is 2.48. The van der Waals surface area contributed by atoms with E-state index in [0.717, 1.165) is 0 Å². The first kappa shape index (κ1) is 10.6. The molecule has 0 aromatic carbocycles. The Morgan fingerprint density at radius 3 is 1.57 bits per heavy atom. The molecule has 0 rings (SSSR count). The Morgan fingerprint density at radius 2 is 1.57 bits per heavy atom. The fourth-order valence-electron chi connectivity index (χ4n) is 0. The Bertz CT molecular complexity index is 72.1. The molecule has 0 aliphatic heterocycles. The summed E-state index contributed by atoms with van der Waals surface area (Å²) in [6.07, 6.45) is 0. The van der Waals surface area contributed by atoms with Crippen molar-refractivity contribution >= 4 is 7.82 Å². The van der Waals surface area contributed by atoms with E-state index in [-0.39, 0.29) is 17.4 Å². The summed E-state index contributed by atoms with van der Waals surface area (Å²) >= 11 is 0. The van der Waals surface area contributed by atoms with Crippen LogP contribution in [-0.4, -0.2) is 15.0 Å². The first-order valence-electron chi connectivity index (χ1n) is 0.948. The number of rotatable bonds is 1. The van der Waals surface area contributed by atoms with Crippen LogP contribution in [0.1, 0.15) is 0 Å². The zero-order valence-electron chi connectivity index (χ0n) is 3.01. The van der Waals surface area contributed by atoms with Gasteiger partial charge in [0.05, 0.1) is 0 Å². The Hall–Kier alpha value is 0.602. The fraction of sp³-hybridized carbons (Fsp3) is 0. The van der Waals surface area contributed by atoms with Gasteiger partial charge in [-0.25, -0.2) is 9.82 Å². The average Bonchev–Trinajstić information content (AvgIpc) is 1.35. The molecule has 0 aliphatic carbocycles. The predicted molar refractivity (Wildman–Crippen MR) is 15.8 cm³/mol. The zero-order valence-corrected chi connectivity index (χ0v) is 5.18. The van der Waals surface area contributed by atoms with Crippen LogP contribution >= 0.6 is 7.82 Å². The summed E-state index contributed by atoms with van der Waals surface area (Å²) in [5.74, 6) is 0. The standard InChI is InChI=1S/Cr.H3O5P/c;1-5-6(2,3)4/h;1H,(H2,2,3,4). The molecule has 0 bridgehead atoms. The first-order chi connectivity index (χ1) is 2.56. The molecule has 0 saturated carbocycles. The third kappa shape index (κ3) is 10.8. The van der Waals surface area contributed by atoms with Crippen LogP contribution in [0.25, 0.3) is 0 Å². The minimum Gasteiger partial charge on any atom is -0.301 e. The molecule has 0 saturated heterocycles. The molecule has 44 valence electrons. The predicted octanol–water partition coefficient (Wildman–Crippen LogP) is -0.434. The van der Waals surface area contributed by atoms with E-state index in [2.05, 4.69) is 4.67 Å². The average molecular weight is 166 g/mol. The molecule has 0 heterocycles. The molecule has 7 heteroatoms. The maximum absolute atomic E-state index is 9.22. The molecule has 0 aliphatic rings. The molecule has 0 aromatic rings. The molecule has 7 heavy (non-hydrogen) atoms. The number of hydrogen-bond acceptors (Lipinski definition) is 3. The van der Waals surface area contributed by atoms with E-state index in [0.29, 0.717) is 0 Å². The van der Waals surface area contributed by atoms with Crippen LogP contribution in [0, 0.1) is 0 Å². The van der Waals surface area contributed by atoms with Crippen LogP contribution in [0.2, 0.25) is 0 Å². The Kier molecular flexibility index (Phi) is 5.41. The van der Waals surface area contributed by atoms with Crippen LogP contribution in [-0.2, 0) is 26.6 Å².